The summed E-state index contributed by atoms with van der Waals surface area (Å²) in [7, 11) is 0. The zero-order chi connectivity index (χ0) is 9.80. The first-order valence-electron chi connectivity index (χ1n) is 4.19. The second-order valence-corrected chi connectivity index (χ2v) is 4.63. The summed E-state index contributed by atoms with van der Waals surface area (Å²) in [4.78, 5) is 5.06. The predicted molar refractivity (Wildman–Crippen MR) is 62.5 cm³/mol. The lowest BCUT2D eigenvalue weighted by atomic mass is 10.4. The van der Waals surface area contributed by atoms with E-state index in [2.05, 4.69) is 21.8 Å². The van der Waals surface area contributed by atoms with Crippen LogP contribution in [0.3, 0.4) is 0 Å². The highest BCUT2D eigenvalue weighted by Gasteiger charge is 1.99. The summed E-state index contributed by atoms with van der Waals surface area (Å²) in [6, 6.07) is 4.08. The molecule has 0 atom stereocenters. The van der Waals surface area contributed by atoms with Gasteiger partial charge in [-0.05, 0) is 28.5 Å². The minimum absolute atomic E-state index is 0.757. The van der Waals surface area contributed by atoms with E-state index in [9.17, 15) is 0 Å². The van der Waals surface area contributed by atoms with E-state index in [0.717, 1.165) is 16.3 Å². The molecule has 0 bridgehead atoms. The van der Waals surface area contributed by atoms with Gasteiger partial charge in [-0.25, -0.2) is 0 Å². The number of nitrogens with zero attached hydrogens (tertiary/aromatic N) is 1. The molecule has 14 heavy (non-hydrogen) atoms. The minimum atomic E-state index is 0.757. The monoisotopic (exact) mass is 222 g/mol. The molecule has 0 aliphatic carbocycles. The van der Waals surface area contributed by atoms with E-state index in [1.807, 2.05) is 6.07 Å². The van der Waals surface area contributed by atoms with Crippen molar-refractivity contribution < 1.29 is 0 Å². The fraction of sp³-hybridized carbons (Fsp3) is 0.100. The smallest absolute Gasteiger partial charge is 0.0638 e. The molecule has 2 nitrogen and oxygen atoms in total. The van der Waals surface area contributed by atoms with Crippen LogP contribution >= 0.6 is 23.1 Å². The number of hydrogen-bond acceptors (Lipinski definition) is 4. The number of nitrogens with two attached hydrogens (primary N) is 1. The topological polar surface area (TPSA) is 38.9 Å². The van der Waals surface area contributed by atoms with Crippen molar-refractivity contribution >= 4 is 28.8 Å². The number of thioether (sulfide) groups is 1. The summed E-state index contributed by atoms with van der Waals surface area (Å²) < 4.78 is 0. The molecule has 0 radical (unpaired) electrons. The maximum atomic E-state index is 5.78. The van der Waals surface area contributed by atoms with Crippen LogP contribution < -0.4 is 5.73 Å². The Bertz CT molecular complexity index is 398. The van der Waals surface area contributed by atoms with Crippen LogP contribution in [0.2, 0.25) is 0 Å². The SMILES string of the molecule is Nc1cnccc1SCc1ccsc1. The lowest BCUT2D eigenvalue weighted by molar-refractivity contribution is 1.27. The van der Waals surface area contributed by atoms with Crippen molar-refractivity contribution in [2.24, 2.45) is 0 Å². The van der Waals surface area contributed by atoms with Crippen LogP contribution in [0.15, 0.2) is 40.2 Å². The van der Waals surface area contributed by atoms with Crippen LogP contribution in [0, 0.1) is 0 Å². The molecule has 2 rings (SSSR count). The molecule has 0 aliphatic rings. The first-order valence-corrected chi connectivity index (χ1v) is 6.12. The maximum absolute atomic E-state index is 5.78. The molecule has 0 aromatic carbocycles. The molecule has 4 heteroatoms. The van der Waals surface area contributed by atoms with Gasteiger partial charge in [0, 0.05) is 16.8 Å². The molecule has 0 saturated heterocycles. The number of pyridine rings is 1. The number of thiophene rings is 1. The van der Waals surface area contributed by atoms with Gasteiger partial charge in [-0.3, -0.25) is 4.98 Å². The zero-order valence-corrected chi connectivity index (χ0v) is 9.15. The normalized spacial score (nSPS) is 10.3. The van der Waals surface area contributed by atoms with Crippen molar-refractivity contribution in [2.45, 2.75) is 10.6 Å². The van der Waals surface area contributed by atoms with Crippen molar-refractivity contribution in [3.63, 3.8) is 0 Å². The third kappa shape index (κ3) is 2.27. The molecule has 2 aromatic rings. The van der Waals surface area contributed by atoms with Gasteiger partial charge < -0.3 is 5.73 Å². The summed E-state index contributed by atoms with van der Waals surface area (Å²) in [5.41, 5.74) is 7.88. The molecule has 2 aromatic heterocycles. The van der Waals surface area contributed by atoms with Crippen molar-refractivity contribution in [3.05, 3.63) is 40.8 Å². The average Bonchev–Trinajstić information content (AvgIpc) is 2.69. The average molecular weight is 222 g/mol. The molecule has 0 spiro atoms. The second-order valence-electron chi connectivity index (χ2n) is 2.83. The minimum Gasteiger partial charge on any atom is -0.397 e. The predicted octanol–water partition coefficient (Wildman–Crippen LogP) is 3.02. The molecule has 0 amide bonds. The Morgan fingerprint density at radius 1 is 1.43 bits per heavy atom. The van der Waals surface area contributed by atoms with Crippen molar-refractivity contribution in [3.8, 4) is 0 Å². The molecule has 0 unspecified atom stereocenters. The maximum Gasteiger partial charge on any atom is 0.0638 e. The van der Waals surface area contributed by atoms with E-state index in [0.29, 0.717) is 0 Å². The highest BCUT2D eigenvalue weighted by molar-refractivity contribution is 7.98. The molecule has 0 fully saturated rings. The molecule has 72 valence electrons. The lowest BCUT2D eigenvalue weighted by Crippen LogP contribution is -1.89. The largest absolute Gasteiger partial charge is 0.397 e. The highest BCUT2D eigenvalue weighted by Crippen LogP contribution is 2.27. The fourth-order valence-electron chi connectivity index (χ4n) is 1.06. The van der Waals surface area contributed by atoms with E-state index in [-0.39, 0.29) is 0 Å². The van der Waals surface area contributed by atoms with Crippen LogP contribution in [-0.2, 0) is 5.75 Å². The summed E-state index contributed by atoms with van der Waals surface area (Å²) in [6.45, 7) is 0. The first-order chi connectivity index (χ1) is 6.86. The number of rotatable bonds is 3. The molecular weight excluding hydrogens is 212 g/mol. The van der Waals surface area contributed by atoms with Gasteiger partial charge in [0.1, 0.15) is 0 Å². The van der Waals surface area contributed by atoms with Crippen LogP contribution in [0.25, 0.3) is 0 Å². The Hall–Kier alpha value is -1.00. The van der Waals surface area contributed by atoms with Gasteiger partial charge in [0.05, 0.1) is 11.9 Å². The first kappa shape index (κ1) is 9.55. The molecule has 2 heterocycles. The van der Waals surface area contributed by atoms with Gasteiger partial charge in [0.25, 0.3) is 0 Å². The van der Waals surface area contributed by atoms with E-state index in [1.54, 1.807) is 35.5 Å². The number of hydrogen-bond donors (Lipinski definition) is 1. The zero-order valence-electron chi connectivity index (χ0n) is 7.51. The Kier molecular flexibility index (Phi) is 3.06. The van der Waals surface area contributed by atoms with E-state index < -0.39 is 0 Å². The summed E-state index contributed by atoms with van der Waals surface area (Å²) >= 11 is 3.47. The van der Waals surface area contributed by atoms with E-state index in [1.165, 1.54) is 5.56 Å². The van der Waals surface area contributed by atoms with Gasteiger partial charge in [0.15, 0.2) is 0 Å². The molecule has 0 aliphatic heterocycles. The third-order valence-electron chi connectivity index (χ3n) is 1.78. The molecular formula is C10H10N2S2. The van der Waals surface area contributed by atoms with E-state index in [4.69, 9.17) is 5.73 Å². The van der Waals surface area contributed by atoms with Gasteiger partial charge in [-0.1, -0.05) is 0 Å². The summed E-state index contributed by atoms with van der Waals surface area (Å²) in [5.74, 6) is 0.970. The molecule has 0 saturated carbocycles. The summed E-state index contributed by atoms with van der Waals surface area (Å²) in [5, 5.41) is 4.25. The Labute approximate surface area is 91.2 Å². The number of aromatic nitrogens is 1. The van der Waals surface area contributed by atoms with Gasteiger partial charge in [-0.15, -0.1) is 11.8 Å². The Morgan fingerprint density at radius 2 is 2.36 bits per heavy atom. The molecule has 2 N–H and O–H groups in total. The number of nitrogen functional groups attached to an aromatic ring is 1. The van der Waals surface area contributed by atoms with Crippen LogP contribution in [-0.4, -0.2) is 4.98 Å². The van der Waals surface area contributed by atoms with Crippen LogP contribution in [0.1, 0.15) is 5.56 Å². The van der Waals surface area contributed by atoms with Crippen molar-refractivity contribution in [1.82, 2.24) is 4.98 Å². The Balaban J connectivity index is 2.02. The Morgan fingerprint density at radius 3 is 3.07 bits per heavy atom. The standard InChI is InChI=1S/C10H10N2S2/c11-9-5-12-3-1-10(9)14-7-8-2-4-13-6-8/h1-6H,7,11H2. The van der Waals surface area contributed by atoms with Crippen LogP contribution in [0.4, 0.5) is 5.69 Å². The highest BCUT2D eigenvalue weighted by atomic mass is 32.2. The second kappa shape index (κ2) is 4.48. The van der Waals surface area contributed by atoms with Gasteiger partial charge in [0.2, 0.25) is 0 Å². The third-order valence-corrected chi connectivity index (χ3v) is 3.68. The van der Waals surface area contributed by atoms with Crippen molar-refractivity contribution in [2.75, 3.05) is 5.73 Å². The summed E-state index contributed by atoms with van der Waals surface area (Å²) in [6.07, 6.45) is 3.46. The van der Waals surface area contributed by atoms with E-state index >= 15 is 0 Å². The lowest BCUT2D eigenvalue weighted by Gasteiger charge is -2.02. The van der Waals surface area contributed by atoms with Crippen LogP contribution in [0.5, 0.6) is 0 Å². The number of anilines is 1. The van der Waals surface area contributed by atoms with Gasteiger partial charge in [-0.2, -0.15) is 11.3 Å². The van der Waals surface area contributed by atoms with Gasteiger partial charge >= 0.3 is 0 Å². The quantitative estimate of drug-likeness (QED) is 0.811. The fourth-order valence-corrected chi connectivity index (χ4v) is 2.71. The van der Waals surface area contributed by atoms with Crippen molar-refractivity contribution in [1.29, 1.82) is 0 Å².